The van der Waals surface area contributed by atoms with Gasteiger partial charge in [0.05, 0.1) is 17.5 Å². The molecular formula is C22H15NO2S. The van der Waals surface area contributed by atoms with E-state index in [0.29, 0.717) is 5.69 Å². The topological polar surface area (TPSA) is 37.4 Å². The fourth-order valence-corrected chi connectivity index (χ4v) is 6.74. The molecule has 0 saturated carbocycles. The van der Waals surface area contributed by atoms with Crippen molar-refractivity contribution in [3.8, 4) is 0 Å². The highest BCUT2D eigenvalue weighted by molar-refractivity contribution is 8.00. The Hall–Kier alpha value is -2.59. The summed E-state index contributed by atoms with van der Waals surface area (Å²) in [5.74, 6) is -0.534. The van der Waals surface area contributed by atoms with Gasteiger partial charge in [-0.3, -0.25) is 9.59 Å². The van der Waals surface area contributed by atoms with Crippen molar-refractivity contribution in [2.75, 3.05) is 4.90 Å². The van der Waals surface area contributed by atoms with Crippen molar-refractivity contribution in [3.05, 3.63) is 77.9 Å². The molecule has 3 nitrogen and oxygen atoms in total. The molecule has 3 aromatic carbocycles. The van der Waals surface area contributed by atoms with E-state index in [0.717, 1.165) is 0 Å². The van der Waals surface area contributed by atoms with Gasteiger partial charge in [-0.1, -0.05) is 42.5 Å². The first-order valence-corrected chi connectivity index (χ1v) is 9.79. The Morgan fingerprint density at radius 2 is 1.19 bits per heavy atom. The Morgan fingerprint density at radius 3 is 1.73 bits per heavy atom. The Balaban J connectivity index is 1.49. The van der Waals surface area contributed by atoms with Gasteiger partial charge >= 0.3 is 0 Å². The summed E-state index contributed by atoms with van der Waals surface area (Å²) in [4.78, 5) is 27.7. The van der Waals surface area contributed by atoms with Crippen LogP contribution in [0.3, 0.4) is 0 Å². The first-order valence-electron chi connectivity index (χ1n) is 8.85. The highest BCUT2D eigenvalue weighted by atomic mass is 32.2. The number of imide groups is 1. The summed E-state index contributed by atoms with van der Waals surface area (Å²) < 4.78 is 0. The number of carbonyl (C=O) groups excluding carboxylic acids is 2. The number of rotatable bonds is 1. The van der Waals surface area contributed by atoms with Crippen LogP contribution in [0.5, 0.6) is 0 Å². The zero-order valence-corrected chi connectivity index (χ0v) is 14.6. The van der Waals surface area contributed by atoms with E-state index in [4.69, 9.17) is 0 Å². The molecule has 2 amide bonds. The molecule has 0 unspecified atom stereocenters. The molecule has 2 saturated heterocycles. The van der Waals surface area contributed by atoms with E-state index in [2.05, 4.69) is 24.3 Å². The maximum absolute atomic E-state index is 13.2. The molecule has 2 bridgehead atoms. The summed E-state index contributed by atoms with van der Waals surface area (Å²) >= 11 is 1.80. The van der Waals surface area contributed by atoms with Crippen molar-refractivity contribution in [2.24, 2.45) is 11.8 Å². The van der Waals surface area contributed by atoms with Gasteiger partial charge in [0.25, 0.3) is 0 Å². The van der Waals surface area contributed by atoms with E-state index >= 15 is 0 Å². The van der Waals surface area contributed by atoms with Crippen LogP contribution in [0.25, 0.3) is 10.8 Å². The number of anilines is 1. The van der Waals surface area contributed by atoms with Crippen LogP contribution in [0.15, 0.2) is 66.7 Å². The average molecular weight is 357 g/mol. The van der Waals surface area contributed by atoms with Crippen LogP contribution in [-0.4, -0.2) is 11.8 Å². The number of hydrogen-bond donors (Lipinski definition) is 0. The molecule has 26 heavy (non-hydrogen) atoms. The lowest BCUT2D eigenvalue weighted by Crippen LogP contribution is -2.31. The summed E-state index contributed by atoms with van der Waals surface area (Å²) in [6, 6.07) is 22.1. The molecule has 0 radical (unpaired) electrons. The van der Waals surface area contributed by atoms with E-state index in [1.807, 2.05) is 42.5 Å². The number of hydrogen-bond acceptors (Lipinski definition) is 3. The summed E-state index contributed by atoms with van der Waals surface area (Å²) in [5, 5.41) is 2.59. The van der Waals surface area contributed by atoms with Gasteiger partial charge in [0.1, 0.15) is 0 Å². The molecule has 3 aliphatic rings. The van der Waals surface area contributed by atoms with Gasteiger partial charge in [-0.25, -0.2) is 4.90 Å². The summed E-state index contributed by atoms with van der Waals surface area (Å²) in [7, 11) is 0. The van der Waals surface area contributed by atoms with Crippen molar-refractivity contribution >= 4 is 40.0 Å². The number of fused-ring (bicyclic) bond motifs is 9. The van der Waals surface area contributed by atoms with Crippen LogP contribution < -0.4 is 4.90 Å². The maximum atomic E-state index is 13.2. The standard InChI is InChI=1S/C22H15NO2S/c24-21-17-18(22(25)23(21)14-8-2-1-3-9-14)20-16-11-13-7-5-4-6-12(13)10-15(16)19(17)26-20/h1-11,17-20H/t17-,18+,19-,20-/m0/s1. The van der Waals surface area contributed by atoms with Crippen LogP contribution in [0, 0.1) is 11.8 Å². The largest absolute Gasteiger partial charge is 0.274 e. The van der Waals surface area contributed by atoms with E-state index in [1.54, 1.807) is 11.8 Å². The minimum Gasteiger partial charge on any atom is -0.274 e. The zero-order chi connectivity index (χ0) is 17.4. The minimum absolute atomic E-state index is 0.0370. The third-order valence-electron chi connectivity index (χ3n) is 5.92. The van der Waals surface area contributed by atoms with Crippen molar-refractivity contribution in [3.63, 3.8) is 0 Å². The Morgan fingerprint density at radius 1 is 0.692 bits per heavy atom. The second-order valence-corrected chi connectivity index (χ2v) is 8.49. The predicted molar refractivity (Wildman–Crippen MR) is 103 cm³/mol. The number of carbonyl (C=O) groups is 2. The van der Waals surface area contributed by atoms with Crippen molar-refractivity contribution in [1.29, 1.82) is 0 Å². The van der Waals surface area contributed by atoms with Gasteiger partial charge in [-0.2, -0.15) is 0 Å². The van der Waals surface area contributed by atoms with E-state index < -0.39 is 0 Å². The van der Waals surface area contributed by atoms with Gasteiger partial charge in [0.2, 0.25) is 11.8 Å². The van der Waals surface area contributed by atoms with Gasteiger partial charge in [0, 0.05) is 10.5 Å². The number of para-hydroxylation sites is 1. The second kappa shape index (κ2) is 4.98. The molecule has 6 rings (SSSR count). The molecule has 0 N–H and O–H groups in total. The van der Waals surface area contributed by atoms with Gasteiger partial charge < -0.3 is 0 Å². The SMILES string of the molecule is O=C1[C@@H]2[C@H](C(=O)N1c1ccccc1)[C@H]1S[C@H]2c2cc3ccccc3cc21. The number of amides is 2. The van der Waals surface area contributed by atoms with Gasteiger partial charge in [0.15, 0.2) is 0 Å². The molecule has 3 aliphatic heterocycles. The average Bonchev–Trinajstić information content (AvgIpc) is 3.31. The summed E-state index contributed by atoms with van der Waals surface area (Å²) in [5.41, 5.74) is 3.18. The quantitative estimate of drug-likeness (QED) is 0.602. The molecule has 4 atom stereocenters. The van der Waals surface area contributed by atoms with E-state index in [9.17, 15) is 9.59 Å². The Kier molecular flexibility index (Phi) is 2.79. The van der Waals surface area contributed by atoms with Crippen LogP contribution in [-0.2, 0) is 9.59 Å². The molecule has 0 spiro atoms. The maximum Gasteiger partial charge on any atom is 0.239 e. The molecule has 3 heterocycles. The van der Waals surface area contributed by atoms with Gasteiger partial charge in [-0.15, -0.1) is 11.8 Å². The number of benzene rings is 3. The first kappa shape index (κ1) is 14.6. The smallest absolute Gasteiger partial charge is 0.239 e. The van der Waals surface area contributed by atoms with Crippen molar-refractivity contribution in [2.45, 2.75) is 10.5 Å². The minimum atomic E-state index is -0.230. The van der Waals surface area contributed by atoms with Crippen LogP contribution in [0.4, 0.5) is 5.69 Å². The van der Waals surface area contributed by atoms with Crippen LogP contribution in [0.2, 0.25) is 0 Å². The molecule has 0 aromatic heterocycles. The number of thioether (sulfide) groups is 1. The predicted octanol–water partition coefficient (Wildman–Crippen LogP) is 4.49. The van der Waals surface area contributed by atoms with Crippen LogP contribution >= 0.6 is 11.8 Å². The lowest BCUT2D eigenvalue weighted by atomic mass is 9.76. The second-order valence-electron chi connectivity index (χ2n) is 7.20. The molecule has 2 fully saturated rings. The van der Waals surface area contributed by atoms with E-state index in [1.165, 1.54) is 26.8 Å². The molecule has 0 aliphatic carbocycles. The summed E-state index contributed by atoms with van der Waals surface area (Å²) in [6.07, 6.45) is 0. The highest BCUT2D eigenvalue weighted by Gasteiger charge is 2.63. The molecule has 4 heteroatoms. The zero-order valence-electron chi connectivity index (χ0n) is 13.8. The molecular weight excluding hydrogens is 342 g/mol. The van der Waals surface area contributed by atoms with Crippen LogP contribution in [0.1, 0.15) is 21.6 Å². The van der Waals surface area contributed by atoms with Crippen molar-refractivity contribution in [1.82, 2.24) is 0 Å². The fraction of sp³-hybridized carbons (Fsp3) is 0.182. The lowest BCUT2D eigenvalue weighted by molar-refractivity contribution is -0.122. The van der Waals surface area contributed by atoms with Crippen molar-refractivity contribution < 1.29 is 9.59 Å². The Labute approximate surface area is 155 Å². The normalized spacial score (nSPS) is 28.7. The Bertz CT molecular complexity index is 1030. The molecule has 3 aromatic rings. The van der Waals surface area contributed by atoms with Gasteiger partial charge in [-0.05, 0) is 46.2 Å². The van der Waals surface area contributed by atoms with E-state index in [-0.39, 0.29) is 34.2 Å². The lowest BCUT2D eigenvalue weighted by Gasteiger charge is -2.22. The monoisotopic (exact) mass is 357 g/mol. The summed E-state index contributed by atoms with van der Waals surface area (Å²) in [6.45, 7) is 0. The molecule has 126 valence electrons. The number of nitrogens with zero attached hydrogens (tertiary/aromatic N) is 1. The first-order chi connectivity index (χ1) is 12.7. The third-order valence-corrected chi connectivity index (χ3v) is 7.60. The highest BCUT2D eigenvalue weighted by Crippen LogP contribution is 2.69. The third kappa shape index (κ3) is 1.70. The fourth-order valence-electron chi connectivity index (χ4n) is 4.81.